The van der Waals surface area contributed by atoms with Crippen molar-refractivity contribution in [3.8, 4) is 22.8 Å². The molecule has 0 aliphatic carbocycles. The molecule has 0 atom stereocenters. The van der Waals surface area contributed by atoms with Crippen molar-refractivity contribution in [3.63, 3.8) is 0 Å². The Kier molecular flexibility index (Phi) is 6.05. The van der Waals surface area contributed by atoms with Crippen molar-refractivity contribution in [1.82, 2.24) is 29.2 Å². The first-order valence-electron chi connectivity index (χ1n) is 11.9. The molecule has 0 radical (unpaired) electrons. The number of rotatable bonds is 4. The van der Waals surface area contributed by atoms with Gasteiger partial charge in [-0.2, -0.15) is 19.0 Å². The lowest BCUT2D eigenvalue weighted by Gasteiger charge is -1.97. The molecule has 4 heterocycles. The van der Waals surface area contributed by atoms with Crippen LogP contribution in [0, 0.1) is 0 Å². The van der Waals surface area contributed by atoms with E-state index in [-0.39, 0.29) is 11.1 Å². The molecule has 3 aromatic carbocycles. The molecule has 12 heteroatoms. The fraction of sp³-hybridized carbons (Fsp3) is 0. The van der Waals surface area contributed by atoms with Gasteiger partial charge in [0.1, 0.15) is 0 Å². The molecule has 0 spiro atoms. The van der Waals surface area contributed by atoms with Gasteiger partial charge in [-0.1, -0.05) is 107 Å². The number of nitrogens with zero attached hydrogens (tertiary/aromatic N) is 6. The van der Waals surface area contributed by atoms with Gasteiger partial charge in [-0.25, -0.2) is 0 Å². The summed E-state index contributed by atoms with van der Waals surface area (Å²) in [5.41, 5.74) is 2.48. The Morgan fingerprint density at radius 1 is 0.600 bits per heavy atom. The summed E-state index contributed by atoms with van der Waals surface area (Å²) in [5, 5.41) is 9.97. The summed E-state index contributed by atoms with van der Waals surface area (Å²) in [7, 11) is 0. The molecule has 8 nitrogen and oxygen atoms in total. The maximum Gasteiger partial charge on any atom is 0.291 e. The van der Waals surface area contributed by atoms with Gasteiger partial charge in [0.15, 0.2) is 11.6 Å². The molecule has 0 fully saturated rings. The van der Waals surface area contributed by atoms with Crippen molar-refractivity contribution in [1.29, 1.82) is 0 Å². The van der Waals surface area contributed by atoms with Crippen LogP contribution in [-0.4, -0.2) is 29.2 Å². The number of aromatic nitrogens is 6. The zero-order valence-corrected chi connectivity index (χ0v) is 23.3. The number of benzene rings is 3. The smallest absolute Gasteiger partial charge is 0.266 e. The molecule has 194 valence electrons. The van der Waals surface area contributed by atoms with Gasteiger partial charge in [-0.3, -0.25) is 9.59 Å². The summed E-state index contributed by atoms with van der Waals surface area (Å²) < 4.78 is 3.60. The van der Waals surface area contributed by atoms with Gasteiger partial charge >= 0.3 is 0 Å². The van der Waals surface area contributed by atoms with E-state index >= 15 is 0 Å². The van der Waals surface area contributed by atoms with Gasteiger partial charge in [0.25, 0.3) is 11.1 Å². The van der Waals surface area contributed by atoms with Crippen LogP contribution in [-0.2, 0) is 0 Å². The van der Waals surface area contributed by atoms with E-state index in [1.165, 1.54) is 31.7 Å². The molecule has 0 amide bonds. The van der Waals surface area contributed by atoms with Crippen molar-refractivity contribution in [2.45, 2.75) is 0 Å². The lowest BCUT2D eigenvalue weighted by molar-refractivity contribution is 0.935. The lowest BCUT2D eigenvalue weighted by Crippen LogP contribution is -2.23. The average molecular weight is 602 g/mol. The Labute approximate surface area is 242 Å². The van der Waals surface area contributed by atoms with Gasteiger partial charge in [-0.05, 0) is 35.4 Å². The number of halogens is 2. The minimum atomic E-state index is -0.253. The summed E-state index contributed by atoms with van der Waals surface area (Å²) in [6.07, 6.45) is 3.49. The van der Waals surface area contributed by atoms with Crippen molar-refractivity contribution in [2.75, 3.05) is 0 Å². The molecular weight excluding hydrogens is 587 g/mol. The molecule has 40 heavy (non-hydrogen) atoms. The Bertz CT molecular complexity index is 2140. The van der Waals surface area contributed by atoms with Crippen molar-refractivity contribution in [2.24, 2.45) is 0 Å². The number of fused-ring (bicyclic) bond motifs is 2. The van der Waals surface area contributed by atoms with Crippen molar-refractivity contribution < 1.29 is 0 Å². The van der Waals surface area contributed by atoms with Crippen LogP contribution in [0.2, 0.25) is 10.0 Å². The van der Waals surface area contributed by atoms with E-state index < -0.39 is 0 Å². The van der Waals surface area contributed by atoms with Gasteiger partial charge < -0.3 is 0 Å². The summed E-state index contributed by atoms with van der Waals surface area (Å²) in [6, 6.07) is 22.0. The molecule has 4 aromatic heterocycles. The summed E-state index contributed by atoms with van der Waals surface area (Å²) in [6.45, 7) is 0. The molecular formula is C28H14Cl2N6O2S2. The fourth-order valence-electron chi connectivity index (χ4n) is 4.15. The third-order valence-electron chi connectivity index (χ3n) is 6.15. The van der Waals surface area contributed by atoms with Crippen LogP contribution in [0.3, 0.4) is 0 Å². The molecule has 7 aromatic rings. The maximum absolute atomic E-state index is 12.9. The van der Waals surface area contributed by atoms with E-state index in [4.69, 9.17) is 23.2 Å². The van der Waals surface area contributed by atoms with Gasteiger partial charge in [0.2, 0.25) is 9.92 Å². The zero-order chi connectivity index (χ0) is 27.4. The predicted molar refractivity (Wildman–Crippen MR) is 159 cm³/mol. The minimum absolute atomic E-state index is 0.253. The fourth-order valence-corrected chi connectivity index (χ4v) is 6.33. The number of thiazole rings is 2. The third-order valence-corrected chi connectivity index (χ3v) is 8.76. The largest absolute Gasteiger partial charge is 0.291 e. The van der Waals surface area contributed by atoms with Crippen molar-refractivity contribution >= 4 is 67.9 Å². The van der Waals surface area contributed by atoms with Crippen LogP contribution in [0.15, 0.2) is 82.4 Å². The molecule has 0 N–H and O–H groups in total. The van der Waals surface area contributed by atoms with Gasteiger partial charge in [0, 0.05) is 21.2 Å². The summed E-state index contributed by atoms with van der Waals surface area (Å²) >= 11 is 15.0. The van der Waals surface area contributed by atoms with Crippen LogP contribution in [0.4, 0.5) is 0 Å². The quantitative estimate of drug-likeness (QED) is 0.298. The minimum Gasteiger partial charge on any atom is -0.266 e. The van der Waals surface area contributed by atoms with E-state index in [9.17, 15) is 9.59 Å². The zero-order valence-electron chi connectivity index (χ0n) is 20.2. The SMILES string of the molecule is O=c1/c(=C\c2ccccc2Cl)sc2nc(-c3ccc(-c4nc5s/c(=C/c6ccccc6Cl)c(=O)n5n4)cc3)nn12. The highest BCUT2D eigenvalue weighted by Crippen LogP contribution is 2.23. The molecule has 7 rings (SSSR count). The van der Waals surface area contributed by atoms with Gasteiger partial charge in [-0.15, -0.1) is 10.2 Å². The second kappa shape index (κ2) is 9.76. The highest BCUT2D eigenvalue weighted by Gasteiger charge is 2.15. The lowest BCUT2D eigenvalue weighted by atomic mass is 10.1. The first-order valence-corrected chi connectivity index (χ1v) is 14.3. The van der Waals surface area contributed by atoms with E-state index in [0.717, 1.165) is 22.3 Å². The maximum atomic E-state index is 12.9. The summed E-state index contributed by atoms with van der Waals surface area (Å²) in [5.74, 6) is 0.860. The molecule has 0 aliphatic rings. The third kappa shape index (κ3) is 4.31. The normalized spacial score (nSPS) is 12.8. The standard InChI is InChI=1S/C28H14Cl2N6O2S2/c29-19-7-3-1-5-17(19)13-21-25(37)35-27(39-21)31-23(33-35)15-9-11-16(12-10-15)24-32-28-36(34-24)26(38)22(40-28)14-18-6-2-4-8-20(18)30/h1-14H/b21-13+,22-14+. The van der Waals surface area contributed by atoms with E-state index in [0.29, 0.717) is 40.7 Å². The average Bonchev–Trinajstić information content (AvgIpc) is 3.70. The van der Waals surface area contributed by atoms with E-state index in [1.807, 2.05) is 60.7 Å². The van der Waals surface area contributed by atoms with Crippen LogP contribution in [0.1, 0.15) is 11.1 Å². The van der Waals surface area contributed by atoms with Crippen LogP contribution < -0.4 is 20.2 Å². The highest BCUT2D eigenvalue weighted by molar-refractivity contribution is 7.15. The second-order valence-corrected chi connectivity index (χ2v) is 11.5. The highest BCUT2D eigenvalue weighted by atomic mass is 35.5. The van der Waals surface area contributed by atoms with E-state index in [2.05, 4.69) is 20.2 Å². The Hall–Kier alpha value is -4.22. The summed E-state index contributed by atoms with van der Waals surface area (Å²) in [4.78, 5) is 35.9. The molecule has 0 saturated carbocycles. The second-order valence-electron chi connectivity index (χ2n) is 8.71. The van der Waals surface area contributed by atoms with E-state index in [1.54, 1.807) is 24.3 Å². The van der Waals surface area contributed by atoms with Crippen LogP contribution >= 0.6 is 45.9 Å². The Morgan fingerprint density at radius 2 is 1.00 bits per heavy atom. The molecule has 0 aliphatic heterocycles. The number of hydrogen-bond donors (Lipinski definition) is 0. The topological polar surface area (TPSA) is 94.5 Å². The van der Waals surface area contributed by atoms with Crippen LogP contribution in [0.5, 0.6) is 0 Å². The Morgan fingerprint density at radius 3 is 1.38 bits per heavy atom. The predicted octanol–water partition coefficient (Wildman–Crippen LogP) is 4.35. The first kappa shape index (κ1) is 24.8. The molecule has 0 unspecified atom stereocenters. The molecule has 0 saturated heterocycles. The van der Waals surface area contributed by atoms with Crippen molar-refractivity contribution in [3.05, 3.63) is 124 Å². The number of hydrogen-bond acceptors (Lipinski definition) is 8. The monoisotopic (exact) mass is 600 g/mol. The molecule has 0 bridgehead atoms. The van der Waals surface area contributed by atoms with Gasteiger partial charge in [0.05, 0.1) is 9.06 Å². The first-order chi connectivity index (χ1) is 19.4. The Balaban J connectivity index is 1.18. The van der Waals surface area contributed by atoms with Crippen LogP contribution in [0.25, 0.3) is 44.8 Å².